The van der Waals surface area contributed by atoms with Gasteiger partial charge in [-0.15, -0.1) is 0 Å². The van der Waals surface area contributed by atoms with Crippen molar-refractivity contribution in [2.24, 2.45) is 0 Å². The molecule has 1 aliphatic rings. The minimum atomic E-state index is -1.67. The van der Waals surface area contributed by atoms with E-state index < -0.39 is 28.8 Å². The lowest BCUT2D eigenvalue weighted by atomic mass is 9.83. The highest BCUT2D eigenvalue weighted by atomic mass is 19.2. The van der Waals surface area contributed by atoms with E-state index >= 15 is 0 Å². The molecule has 16 aromatic rings. The first kappa shape index (κ1) is 88.4. The van der Waals surface area contributed by atoms with Gasteiger partial charge in [0.05, 0.1) is 66.9 Å². The van der Waals surface area contributed by atoms with Crippen molar-refractivity contribution in [2.45, 2.75) is 268 Å². The fraction of sp³-hybridized carbons (Fsp3) is 0.357. The summed E-state index contributed by atoms with van der Waals surface area (Å²) in [4.78, 5) is 0. The summed E-state index contributed by atoms with van der Waals surface area (Å²) in [6.07, 6.45) is 1.08. The van der Waals surface area contributed by atoms with E-state index in [0.29, 0.717) is 5.56 Å². The SMILES string of the molecule is CC(C)(C)c1ccc2c(c1)-c1cc(C(C)(C)C)ccc1C2.CC(C)(C)c1ccc2c(c1)c1cc(C(C)(C)C)ccc1n2-c1cc(-n2c3ccc(C(C)(C)C)cc3c3cc(C(C)(C)C)ccc32)c(-n2c3ccc(C(C)(C)C)cc3c3cc(C(C)(C)C)ccc32)c(C#N)c1-n1c2ccc(C(C)(C)C)cc2c2cc(C(C)(C)C)ccc21.N#Cc1c(F)c(F)cc(F)c1F. The molecular weight excluding hydrogens is 1540 g/mol. The van der Waals surface area contributed by atoms with Gasteiger partial charge in [0, 0.05) is 49.2 Å². The molecule has 0 fully saturated rings. The average molecular weight is 1670 g/mol. The summed E-state index contributed by atoms with van der Waals surface area (Å²) in [5.41, 5.74) is 29.7. The number of benzene rings is 12. The monoisotopic (exact) mass is 1660 g/mol. The number of aromatic nitrogens is 4. The Morgan fingerprint density at radius 3 is 0.600 bits per heavy atom. The highest BCUT2D eigenvalue weighted by Gasteiger charge is 2.36. The van der Waals surface area contributed by atoms with Gasteiger partial charge >= 0.3 is 0 Å². The first-order valence-corrected chi connectivity index (χ1v) is 44.4. The molecule has 4 heterocycles. The molecule has 642 valence electrons. The summed E-state index contributed by atoms with van der Waals surface area (Å²) in [6.45, 7) is 69.3. The van der Waals surface area contributed by atoms with Crippen molar-refractivity contribution in [2.75, 3.05) is 0 Å². The zero-order valence-corrected chi connectivity index (χ0v) is 79.4. The second-order valence-corrected chi connectivity index (χ2v) is 45.7. The molecule has 0 saturated carbocycles. The van der Waals surface area contributed by atoms with Crippen LogP contribution < -0.4 is 0 Å². The topological polar surface area (TPSA) is 67.3 Å². The maximum atomic E-state index is 13.3. The molecule has 125 heavy (non-hydrogen) atoms. The summed E-state index contributed by atoms with van der Waals surface area (Å²) in [5, 5.41) is 30.8. The summed E-state index contributed by atoms with van der Waals surface area (Å²) < 4.78 is 59.4. The second-order valence-electron chi connectivity index (χ2n) is 45.7. The lowest BCUT2D eigenvalue weighted by Gasteiger charge is -2.26. The molecule has 4 aromatic heterocycles. The van der Waals surface area contributed by atoms with Gasteiger partial charge < -0.3 is 18.3 Å². The Kier molecular flexibility index (Phi) is 21.3. The van der Waals surface area contributed by atoms with Crippen LogP contribution in [0.4, 0.5) is 17.6 Å². The van der Waals surface area contributed by atoms with Gasteiger partial charge in [0.15, 0.2) is 23.3 Å². The van der Waals surface area contributed by atoms with Crippen LogP contribution in [0.5, 0.6) is 0 Å². The highest BCUT2D eigenvalue weighted by Crippen LogP contribution is 2.51. The molecule has 10 heteroatoms. The smallest absolute Gasteiger partial charge is 0.179 e. The van der Waals surface area contributed by atoms with E-state index in [2.05, 4.69) is 420 Å². The van der Waals surface area contributed by atoms with E-state index in [-0.39, 0.29) is 60.2 Å². The summed E-state index contributed by atoms with van der Waals surface area (Å²) in [6, 6.07) is 77.9. The third-order valence-electron chi connectivity index (χ3n) is 26.1. The molecule has 0 spiro atoms. The number of halogens is 4. The Labute approximate surface area is 738 Å². The van der Waals surface area contributed by atoms with Gasteiger partial charge in [-0.2, -0.15) is 10.5 Å². The van der Waals surface area contributed by atoms with Crippen LogP contribution in [-0.4, -0.2) is 18.3 Å². The van der Waals surface area contributed by atoms with Crippen molar-refractivity contribution in [3.8, 4) is 46.0 Å². The number of nitrogens with zero attached hydrogens (tertiary/aromatic N) is 6. The van der Waals surface area contributed by atoms with Crippen LogP contribution in [-0.2, 0) is 60.6 Å². The predicted molar refractivity (Wildman–Crippen MR) is 521 cm³/mol. The van der Waals surface area contributed by atoms with Crippen LogP contribution in [0.15, 0.2) is 194 Å². The second kappa shape index (κ2) is 30.1. The quantitative estimate of drug-likeness (QED) is 0.130. The van der Waals surface area contributed by atoms with Crippen LogP contribution in [0, 0.1) is 45.9 Å². The Bertz CT molecular complexity index is 6520. The van der Waals surface area contributed by atoms with Crippen LogP contribution in [0.1, 0.15) is 286 Å². The lowest BCUT2D eigenvalue weighted by Crippen LogP contribution is -2.15. The highest BCUT2D eigenvalue weighted by molar-refractivity contribution is 6.16. The molecule has 0 unspecified atom stereocenters. The predicted octanol–water partition coefficient (Wildman–Crippen LogP) is 32.3. The molecule has 0 bridgehead atoms. The summed E-state index contributed by atoms with van der Waals surface area (Å²) in [5.74, 6) is -6.50. The van der Waals surface area contributed by atoms with Crippen LogP contribution in [0.3, 0.4) is 0 Å². The number of rotatable bonds is 4. The Hall–Kier alpha value is -11.5. The van der Waals surface area contributed by atoms with Gasteiger partial charge in [0.2, 0.25) is 0 Å². The molecule has 0 saturated heterocycles. The van der Waals surface area contributed by atoms with E-state index in [4.69, 9.17) is 5.26 Å². The van der Waals surface area contributed by atoms with Crippen LogP contribution in [0.2, 0.25) is 0 Å². The molecule has 0 aliphatic heterocycles. The van der Waals surface area contributed by atoms with E-state index in [1.54, 1.807) is 0 Å². The van der Waals surface area contributed by atoms with Gasteiger partial charge in [-0.05, 0) is 242 Å². The van der Waals surface area contributed by atoms with Gasteiger partial charge in [0.1, 0.15) is 23.3 Å². The molecule has 0 amide bonds. The first-order chi connectivity index (χ1) is 57.9. The van der Waals surface area contributed by atoms with Crippen molar-refractivity contribution in [1.82, 2.24) is 18.3 Å². The van der Waals surface area contributed by atoms with Crippen molar-refractivity contribution >= 4 is 87.2 Å². The standard InChI is InChI=1S/C87H97N5.C21H26.C7HF4N/c1-80(2,3)51-25-33-68-59(41-51)60-42-52(81(4,5)6)26-34-69(60)89(68)76-49-77(90-70-35-27-53(82(7,8)9)43-61(70)62-44-54(83(10,11)12)28-36-71(62)90)79(92-74-39-31-57(86(19,20)21)47-65(74)66-48-58(87(22,23)24)32-40-75(66)92)67(50-88)78(76)91-72-37-29-55(84(13,14)15)45-63(72)64-46-56(85(16,17)18)30-38-73(64)91;1-20(2,3)16-9-7-14-11-15-8-10-17(21(4,5)6)13-19(15)18(14)12-16;8-4-1-5(9)7(11)3(2-12)6(4)10/h25-49H,1-24H3;7-10,12-13H,11H2,1-6H3;1H. The van der Waals surface area contributed by atoms with Gasteiger partial charge in [0.25, 0.3) is 0 Å². The number of nitriles is 2. The molecule has 0 atom stereocenters. The minimum absolute atomic E-state index is 0.0471. The molecule has 12 aromatic carbocycles. The molecule has 17 rings (SSSR count). The van der Waals surface area contributed by atoms with E-state index in [1.807, 2.05) is 0 Å². The molecule has 6 nitrogen and oxygen atoms in total. The van der Waals surface area contributed by atoms with E-state index in [0.717, 1.165) is 79.4 Å². The Morgan fingerprint density at radius 1 is 0.224 bits per heavy atom. The fourth-order valence-corrected chi connectivity index (χ4v) is 18.1. The zero-order valence-electron chi connectivity index (χ0n) is 79.4. The average Bonchev–Trinajstić information content (AvgIpc) is 1.53. The number of hydrogen-bond donors (Lipinski definition) is 0. The van der Waals surface area contributed by atoms with Crippen LogP contribution >= 0.6 is 0 Å². The van der Waals surface area contributed by atoms with Gasteiger partial charge in [-0.3, -0.25) is 0 Å². The van der Waals surface area contributed by atoms with Crippen molar-refractivity contribution in [3.05, 3.63) is 295 Å². The normalized spacial score (nSPS) is 13.3. The maximum absolute atomic E-state index is 13.3. The summed E-state index contributed by atoms with van der Waals surface area (Å²) >= 11 is 0. The molecule has 0 radical (unpaired) electrons. The van der Waals surface area contributed by atoms with Crippen LogP contribution in [0.25, 0.3) is 121 Å². The molecule has 0 N–H and O–H groups in total. The largest absolute Gasteiger partial charge is 0.307 e. The van der Waals surface area contributed by atoms with E-state index in [9.17, 15) is 22.8 Å². The van der Waals surface area contributed by atoms with Crippen molar-refractivity contribution in [1.29, 1.82) is 10.5 Å². The Balaban J connectivity index is 0.000000302. The summed E-state index contributed by atoms with van der Waals surface area (Å²) in [7, 11) is 0. The van der Waals surface area contributed by atoms with Gasteiger partial charge in [-0.25, -0.2) is 17.6 Å². The Morgan fingerprint density at radius 2 is 0.408 bits per heavy atom. The van der Waals surface area contributed by atoms with Crippen molar-refractivity contribution < 1.29 is 17.6 Å². The fourth-order valence-electron chi connectivity index (χ4n) is 18.1. The van der Waals surface area contributed by atoms with Gasteiger partial charge in [-0.1, -0.05) is 293 Å². The number of hydrogen-bond acceptors (Lipinski definition) is 2. The molecular formula is C115H124F4N6. The first-order valence-electron chi connectivity index (χ1n) is 44.4. The minimum Gasteiger partial charge on any atom is -0.307 e. The number of fused-ring (bicyclic) bond motifs is 15. The third kappa shape index (κ3) is 15.9. The lowest BCUT2D eigenvalue weighted by molar-refractivity contribution is 0.450. The molecule has 1 aliphatic carbocycles. The maximum Gasteiger partial charge on any atom is 0.179 e. The third-order valence-corrected chi connectivity index (χ3v) is 26.1. The van der Waals surface area contributed by atoms with Crippen molar-refractivity contribution in [3.63, 3.8) is 0 Å². The zero-order chi connectivity index (χ0) is 91.2. The van der Waals surface area contributed by atoms with E-state index in [1.165, 1.54) is 121 Å².